The molecule has 0 heterocycles. The van der Waals surface area contributed by atoms with Crippen LogP contribution in [0.3, 0.4) is 0 Å². The molecule has 1 aliphatic carbocycles. The second-order valence-electron chi connectivity index (χ2n) is 6.62. The van der Waals surface area contributed by atoms with Crippen LogP contribution in [0.5, 0.6) is 0 Å². The van der Waals surface area contributed by atoms with E-state index in [9.17, 15) is 13.2 Å². The lowest BCUT2D eigenvalue weighted by Crippen LogP contribution is -2.27. The average molecular weight is 380 g/mol. The third-order valence-corrected chi connectivity index (χ3v) is 6.33. The summed E-state index contributed by atoms with van der Waals surface area (Å²) in [6.45, 7) is 0.0460. The molecule has 4 rings (SSSR count). The zero-order valence-corrected chi connectivity index (χ0v) is 15.6. The monoisotopic (exact) mass is 380 g/mol. The van der Waals surface area contributed by atoms with E-state index in [-0.39, 0.29) is 23.8 Å². The van der Waals surface area contributed by atoms with Crippen LogP contribution in [-0.2, 0) is 27.7 Å². The van der Waals surface area contributed by atoms with E-state index in [1.165, 1.54) is 28.6 Å². The number of carbonyl (C=O) groups is 1. The van der Waals surface area contributed by atoms with Crippen molar-refractivity contribution in [3.63, 3.8) is 0 Å². The Morgan fingerprint density at radius 3 is 2.41 bits per heavy atom. The predicted molar refractivity (Wildman–Crippen MR) is 106 cm³/mol. The van der Waals surface area contributed by atoms with Crippen LogP contribution < -0.4 is 10.0 Å². The van der Waals surface area contributed by atoms with Crippen molar-refractivity contribution in [3.8, 4) is 0 Å². The lowest BCUT2D eigenvalue weighted by molar-refractivity contribution is -0.116. The topological polar surface area (TPSA) is 75.3 Å². The van der Waals surface area contributed by atoms with Gasteiger partial charge in [0.1, 0.15) is 0 Å². The van der Waals surface area contributed by atoms with Crippen LogP contribution in [-0.4, -0.2) is 20.9 Å². The molecule has 0 saturated heterocycles. The van der Waals surface area contributed by atoms with Crippen molar-refractivity contribution in [2.24, 2.45) is 0 Å². The molecule has 0 fully saturated rings. The highest BCUT2D eigenvalue weighted by molar-refractivity contribution is 7.89. The first-order valence-corrected chi connectivity index (χ1v) is 10.4. The van der Waals surface area contributed by atoms with E-state index >= 15 is 0 Å². The lowest BCUT2D eigenvalue weighted by atomic mass is 10.0. The molecule has 3 aromatic carbocycles. The Morgan fingerprint density at radius 1 is 0.889 bits per heavy atom. The number of carbonyl (C=O) groups excluding carboxylic acids is 1. The Labute approximate surface area is 158 Å². The summed E-state index contributed by atoms with van der Waals surface area (Å²) in [7, 11) is -3.60. The molecular formula is C21H20N2O3S. The molecule has 0 atom stereocenters. The first-order chi connectivity index (χ1) is 13.0. The zero-order chi connectivity index (χ0) is 18.9. The average Bonchev–Trinajstić information content (AvgIpc) is 3.09. The van der Waals surface area contributed by atoms with Crippen molar-refractivity contribution in [1.82, 2.24) is 4.72 Å². The fourth-order valence-electron chi connectivity index (χ4n) is 3.55. The third-order valence-electron chi connectivity index (χ3n) is 4.85. The molecule has 27 heavy (non-hydrogen) atoms. The minimum Gasteiger partial charge on any atom is -0.325 e. The standard InChI is InChI=1S/C21H20N2O3S/c24-20(13-14-22-27(25,26)17-6-2-1-3-7-17)23-19-12-11-16-10-9-15-5-4-8-18(19)21(15)16/h1-8,11-12,22H,9-10,13-14H2,(H,23,24). The van der Waals surface area contributed by atoms with Crippen LogP contribution in [0.25, 0.3) is 10.8 Å². The molecular weight excluding hydrogens is 360 g/mol. The largest absolute Gasteiger partial charge is 0.325 e. The minimum atomic E-state index is -3.60. The van der Waals surface area contributed by atoms with Crippen molar-refractivity contribution in [1.29, 1.82) is 0 Å². The number of hydrogen-bond donors (Lipinski definition) is 2. The molecule has 0 aromatic heterocycles. The van der Waals surface area contributed by atoms with E-state index in [4.69, 9.17) is 0 Å². The predicted octanol–water partition coefficient (Wildman–Crippen LogP) is 3.25. The normalized spacial score (nSPS) is 13.0. The van der Waals surface area contributed by atoms with Crippen molar-refractivity contribution in [3.05, 3.63) is 71.8 Å². The van der Waals surface area contributed by atoms with Crippen LogP contribution in [0.15, 0.2) is 65.6 Å². The molecule has 0 bridgehead atoms. The molecule has 1 aliphatic rings. The summed E-state index contributed by atoms with van der Waals surface area (Å²) in [6, 6.07) is 18.3. The van der Waals surface area contributed by atoms with Gasteiger partial charge in [0.15, 0.2) is 0 Å². The van der Waals surface area contributed by atoms with Gasteiger partial charge in [-0.1, -0.05) is 42.5 Å². The first-order valence-electron chi connectivity index (χ1n) is 8.93. The van der Waals surface area contributed by atoms with Gasteiger partial charge in [0.05, 0.1) is 4.90 Å². The summed E-state index contributed by atoms with van der Waals surface area (Å²) in [5, 5.41) is 5.20. The molecule has 5 nitrogen and oxygen atoms in total. The van der Waals surface area contributed by atoms with Crippen LogP contribution >= 0.6 is 0 Å². The second-order valence-corrected chi connectivity index (χ2v) is 8.39. The number of nitrogens with one attached hydrogen (secondary N) is 2. The molecule has 0 spiro atoms. The fraction of sp³-hybridized carbons (Fsp3) is 0.190. The van der Waals surface area contributed by atoms with Crippen LogP contribution in [0.2, 0.25) is 0 Å². The fourth-order valence-corrected chi connectivity index (χ4v) is 4.60. The Balaban J connectivity index is 1.42. The molecule has 6 heteroatoms. The zero-order valence-electron chi connectivity index (χ0n) is 14.7. The van der Waals surface area contributed by atoms with E-state index in [2.05, 4.69) is 22.2 Å². The smallest absolute Gasteiger partial charge is 0.240 e. The molecule has 0 unspecified atom stereocenters. The number of rotatable bonds is 6. The van der Waals surface area contributed by atoms with E-state index in [0.717, 1.165) is 23.9 Å². The van der Waals surface area contributed by atoms with Gasteiger partial charge in [-0.2, -0.15) is 0 Å². The van der Waals surface area contributed by atoms with Gasteiger partial charge in [0.25, 0.3) is 0 Å². The quantitative estimate of drug-likeness (QED) is 0.689. The minimum absolute atomic E-state index is 0.0460. The summed E-state index contributed by atoms with van der Waals surface area (Å²) < 4.78 is 26.8. The molecule has 0 saturated carbocycles. The van der Waals surface area contributed by atoms with E-state index in [1.807, 2.05) is 18.2 Å². The van der Waals surface area contributed by atoms with Gasteiger partial charge < -0.3 is 5.32 Å². The van der Waals surface area contributed by atoms with Crippen molar-refractivity contribution in [2.75, 3.05) is 11.9 Å². The molecule has 2 N–H and O–H groups in total. The molecule has 0 radical (unpaired) electrons. The van der Waals surface area contributed by atoms with Gasteiger partial charge in [-0.25, -0.2) is 13.1 Å². The van der Waals surface area contributed by atoms with Crippen LogP contribution in [0.1, 0.15) is 17.5 Å². The van der Waals surface area contributed by atoms with Crippen molar-refractivity contribution in [2.45, 2.75) is 24.2 Å². The highest BCUT2D eigenvalue weighted by Gasteiger charge is 2.17. The van der Waals surface area contributed by atoms with Gasteiger partial charge in [-0.15, -0.1) is 0 Å². The SMILES string of the molecule is O=C(CCNS(=O)(=O)c1ccccc1)Nc1ccc2c3c(cccc13)CC2. The van der Waals surface area contributed by atoms with E-state index < -0.39 is 10.0 Å². The third kappa shape index (κ3) is 3.59. The molecule has 1 amide bonds. The first kappa shape index (κ1) is 17.7. The van der Waals surface area contributed by atoms with E-state index in [1.54, 1.807) is 18.2 Å². The summed E-state index contributed by atoms with van der Waals surface area (Å²) in [5.41, 5.74) is 3.40. The number of aryl methyl sites for hydroxylation is 2. The highest BCUT2D eigenvalue weighted by atomic mass is 32.2. The number of amides is 1. The van der Waals surface area contributed by atoms with Crippen molar-refractivity contribution < 1.29 is 13.2 Å². The van der Waals surface area contributed by atoms with E-state index in [0.29, 0.717) is 0 Å². The highest BCUT2D eigenvalue weighted by Crippen LogP contribution is 2.34. The van der Waals surface area contributed by atoms with Crippen LogP contribution in [0, 0.1) is 0 Å². The van der Waals surface area contributed by atoms with Gasteiger partial charge >= 0.3 is 0 Å². The number of hydrogen-bond acceptors (Lipinski definition) is 3. The lowest BCUT2D eigenvalue weighted by Gasteiger charge is -2.11. The summed E-state index contributed by atoms with van der Waals surface area (Å²) >= 11 is 0. The van der Waals surface area contributed by atoms with Gasteiger partial charge in [0, 0.05) is 24.0 Å². The Kier molecular flexibility index (Phi) is 4.68. The maximum Gasteiger partial charge on any atom is 0.240 e. The number of benzene rings is 3. The molecule has 138 valence electrons. The van der Waals surface area contributed by atoms with Gasteiger partial charge in [-0.05, 0) is 47.6 Å². The maximum atomic E-state index is 12.3. The number of anilines is 1. The Bertz CT molecular complexity index is 1100. The molecule has 0 aliphatic heterocycles. The summed E-state index contributed by atoms with van der Waals surface area (Å²) in [5.74, 6) is -0.218. The van der Waals surface area contributed by atoms with Gasteiger partial charge in [0.2, 0.25) is 15.9 Å². The second kappa shape index (κ2) is 7.13. The number of sulfonamides is 1. The summed E-state index contributed by atoms with van der Waals surface area (Å²) in [6.07, 6.45) is 2.13. The molecule has 3 aromatic rings. The van der Waals surface area contributed by atoms with Gasteiger partial charge in [-0.3, -0.25) is 4.79 Å². The Morgan fingerprint density at radius 2 is 1.63 bits per heavy atom. The Hall–Kier alpha value is -2.70. The van der Waals surface area contributed by atoms with Crippen LogP contribution in [0.4, 0.5) is 5.69 Å². The van der Waals surface area contributed by atoms with Crippen molar-refractivity contribution >= 4 is 32.4 Å². The summed E-state index contributed by atoms with van der Waals surface area (Å²) in [4.78, 5) is 12.5. The maximum absolute atomic E-state index is 12.3.